The van der Waals surface area contributed by atoms with Crippen LogP contribution in [0.2, 0.25) is 10.0 Å². The fourth-order valence-electron chi connectivity index (χ4n) is 2.91. The summed E-state index contributed by atoms with van der Waals surface area (Å²) in [4.78, 5) is 20.7. The van der Waals surface area contributed by atoms with Gasteiger partial charge in [0.05, 0.1) is 16.3 Å². The molecule has 2 N–H and O–H groups in total. The van der Waals surface area contributed by atoms with Crippen LogP contribution in [0.5, 0.6) is 0 Å². The monoisotopic (exact) mass is 378 g/mol. The molecule has 7 heteroatoms. The van der Waals surface area contributed by atoms with Crippen LogP contribution in [0.1, 0.15) is 48.9 Å². The second-order valence-corrected chi connectivity index (χ2v) is 7.05. The molecule has 1 heterocycles. The van der Waals surface area contributed by atoms with Crippen molar-refractivity contribution in [2.24, 2.45) is 0 Å². The number of benzene rings is 1. The number of hydrogen-bond acceptors (Lipinski definition) is 4. The predicted molar refractivity (Wildman–Crippen MR) is 101 cm³/mol. The molecule has 0 bridgehead atoms. The Morgan fingerprint density at radius 3 is 2.36 bits per heavy atom. The van der Waals surface area contributed by atoms with Gasteiger partial charge in [0.2, 0.25) is 5.95 Å². The second kappa shape index (κ2) is 8.50. The number of hydrogen-bond donors (Lipinski definition) is 2. The Balaban J connectivity index is 1.62. The Bertz CT molecular complexity index is 728. The van der Waals surface area contributed by atoms with Gasteiger partial charge in [0, 0.05) is 23.5 Å². The van der Waals surface area contributed by atoms with Crippen molar-refractivity contribution in [3.05, 3.63) is 46.2 Å². The number of halogens is 2. The zero-order valence-corrected chi connectivity index (χ0v) is 15.3. The van der Waals surface area contributed by atoms with E-state index in [9.17, 15) is 4.79 Å². The first-order valence-electron chi connectivity index (χ1n) is 8.47. The third kappa shape index (κ3) is 5.06. The Morgan fingerprint density at radius 1 is 1.04 bits per heavy atom. The largest absolute Gasteiger partial charge is 0.349 e. The van der Waals surface area contributed by atoms with Crippen LogP contribution in [-0.2, 0) is 0 Å². The maximum Gasteiger partial charge on any atom is 0.254 e. The van der Waals surface area contributed by atoms with Crippen LogP contribution in [-0.4, -0.2) is 21.9 Å². The standard InChI is InChI=1S/C18H20Cl2N4O/c19-13-7-8-16(15(20)9-13)24-18-21-10-12(11-22-18)17(25)23-14-5-3-1-2-4-6-14/h7-11,14H,1-6H2,(H,23,25)(H,21,22,24). The number of amides is 1. The highest BCUT2D eigenvalue weighted by Gasteiger charge is 2.16. The fourth-order valence-corrected chi connectivity index (χ4v) is 3.37. The lowest BCUT2D eigenvalue weighted by Gasteiger charge is -2.16. The van der Waals surface area contributed by atoms with Crippen molar-refractivity contribution in [3.63, 3.8) is 0 Å². The average molecular weight is 379 g/mol. The van der Waals surface area contributed by atoms with Gasteiger partial charge in [-0.3, -0.25) is 4.79 Å². The minimum absolute atomic E-state index is 0.122. The Labute approximate surface area is 157 Å². The highest BCUT2D eigenvalue weighted by Crippen LogP contribution is 2.27. The van der Waals surface area contributed by atoms with E-state index < -0.39 is 0 Å². The van der Waals surface area contributed by atoms with Gasteiger partial charge in [0.25, 0.3) is 5.91 Å². The maximum atomic E-state index is 12.3. The topological polar surface area (TPSA) is 66.9 Å². The summed E-state index contributed by atoms with van der Waals surface area (Å²) in [6.45, 7) is 0. The SMILES string of the molecule is O=C(NC1CCCCCC1)c1cnc(Nc2ccc(Cl)cc2Cl)nc1. The third-order valence-corrected chi connectivity index (χ3v) is 4.83. The molecule has 1 amide bonds. The quantitative estimate of drug-likeness (QED) is 0.736. The van der Waals surface area contributed by atoms with Crippen LogP contribution in [0.15, 0.2) is 30.6 Å². The Hall–Kier alpha value is -1.85. The molecule has 0 spiro atoms. The van der Waals surface area contributed by atoms with E-state index in [-0.39, 0.29) is 11.9 Å². The van der Waals surface area contributed by atoms with E-state index in [1.165, 1.54) is 38.1 Å². The van der Waals surface area contributed by atoms with E-state index in [0.29, 0.717) is 27.2 Å². The molecular formula is C18H20Cl2N4O. The van der Waals surface area contributed by atoms with Gasteiger partial charge in [-0.05, 0) is 31.0 Å². The summed E-state index contributed by atoms with van der Waals surface area (Å²) in [5.74, 6) is 0.248. The van der Waals surface area contributed by atoms with Gasteiger partial charge in [-0.1, -0.05) is 48.9 Å². The zero-order valence-electron chi connectivity index (χ0n) is 13.8. The van der Waals surface area contributed by atoms with Gasteiger partial charge in [-0.2, -0.15) is 0 Å². The number of carbonyl (C=O) groups is 1. The van der Waals surface area contributed by atoms with Gasteiger partial charge in [-0.15, -0.1) is 0 Å². The minimum atomic E-state index is -0.122. The van der Waals surface area contributed by atoms with Crippen LogP contribution < -0.4 is 10.6 Å². The number of rotatable bonds is 4. The third-order valence-electron chi connectivity index (χ3n) is 4.28. The zero-order chi connectivity index (χ0) is 17.6. The summed E-state index contributed by atoms with van der Waals surface area (Å²) in [6, 6.07) is 5.37. The van der Waals surface area contributed by atoms with Gasteiger partial charge < -0.3 is 10.6 Å². The van der Waals surface area contributed by atoms with E-state index >= 15 is 0 Å². The number of nitrogens with one attached hydrogen (secondary N) is 2. The van der Waals surface area contributed by atoms with Gasteiger partial charge in [0.15, 0.2) is 0 Å². The molecule has 1 aromatic heterocycles. The lowest BCUT2D eigenvalue weighted by atomic mass is 10.1. The van der Waals surface area contributed by atoms with Crippen LogP contribution in [0.25, 0.3) is 0 Å². The maximum absolute atomic E-state index is 12.3. The number of aromatic nitrogens is 2. The van der Waals surface area contributed by atoms with Crippen LogP contribution in [0, 0.1) is 0 Å². The molecule has 1 fully saturated rings. The van der Waals surface area contributed by atoms with Gasteiger partial charge in [-0.25, -0.2) is 9.97 Å². The summed E-state index contributed by atoms with van der Waals surface area (Å²) >= 11 is 12.0. The van der Waals surface area contributed by atoms with Crippen molar-refractivity contribution in [1.29, 1.82) is 0 Å². The van der Waals surface area contributed by atoms with Crippen molar-refractivity contribution >= 4 is 40.7 Å². The Kier molecular flexibility index (Phi) is 6.10. The lowest BCUT2D eigenvalue weighted by molar-refractivity contribution is 0.0932. The van der Waals surface area contributed by atoms with E-state index in [1.807, 2.05) is 0 Å². The molecule has 1 aliphatic carbocycles. The van der Waals surface area contributed by atoms with E-state index in [2.05, 4.69) is 20.6 Å². The smallest absolute Gasteiger partial charge is 0.254 e. The van der Waals surface area contributed by atoms with E-state index in [4.69, 9.17) is 23.2 Å². The summed E-state index contributed by atoms with van der Waals surface area (Å²) in [5.41, 5.74) is 1.11. The molecule has 0 radical (unpaired) electrons. The second-order valence-electron chi connectivity index (χ2n) is 6.21. The van der Waals surface area contributed by atoms with Crippen molar-refractivity contribution in [3.8, 4) is 0 Å². The van der Waals surface area contributed by atoms with Gasteiger partial charge in [0.1, 0.15) is 0 Å². The Morgan fingerprint density at radius 2 is 1.72 bits per heavy atom. The predicted octanol–water partition coefficient (Wildman–Crippen LogP) is 4.98. The summed E-state index contributed by atoms with van der Waals surface area (Å²) in [5, 5.41) is 7.13. The number of anilines is 2. The molecule has 0 atom stereocenters. The van der Waals surface area contributed by atoms with Crippen LogP contribution >= 0.6 is 23.2 Å². The molecule has 1 aliphatic rings. The molecule has 0 aliphatic heterocycles. The van der Waals surface area contributed by atoms with Crippen LogP contribution in [0.4, 0.5) is 11.6 Å². The van der Waals surface area contributed by atoms with Crippen molar-refractivity contribution in [2.45, 2.75) is 44.6 Å². The first-order chi connectivity index (χ1) is 12.1. The molecule has 5 nitrogen and oxygen atoms in total. The van der Waals surface area contributed by atoms with E-state index in [1.54, 1.807) is 18.2 Å². The minimum Gasteiger partial charge on any atom is -0.349 e. The number of nitrogens with zero attached hydrogens (tertiary/aromatic N) is 2. The van der Waals surface area contributed by atoms with Crippen molar-refractivity contribution in [2.75, 3.05) is 5.32 Å². The highest BCUT2D eigenvalue weighted by molar-refractivity contribution is 6.36. The highest BCUT2D eigenvalue weighted by atomic mass is 35.5. The normalized spacial score (nSPS) is 15.4. The summed E-state index contributed by atoms with van der Waals surface area (Å²) < 4.78 is 0. The fraction of sp³-hybridized carbons (Fsp3) is 0.389. The molecule has 132 valence electrons. The molecule has 1 saturated carbocycles. The first-order valence-corrected chi connectivity index (χ1v) is 9.22. The van der Waals surface area contributed by atoms with Gasteiger partial charge >= 0.3 is 0 Å². The van der Waals surface area contributed by atoms with E-state index in [0.717, 1.165) is 12.8 Å². The summed E-state index contributed by atoms with van der Waals surface area (Å²) in [6.07, 6.45) is 9.98. The van der Waals surface area contributed by atoms with Crippen LogP contribution in [0.3, 0.4) is 0 Å². The molecule has 0 saturated heterocycles. The molecular weight excluding hydrogens is 359 g/mol. The first kappa shape index (κ1) is 18.0. The number of carbonyl (C=O) groups excluding carboxylic acids is 1. The van der Waals surface area contributed by atoms with Crippen molar-refractivity contribution in [1.82, 2.24) is 15.3 Å². The molecule has 25 heavy (non-hydrogen) atoms. The molecule has 0 unspecified atom stereocenters. The average Bonchev–Trinajstić information content (AvgIpc) is 2.87. The van der Waals surface area contributed by atoms with Crippen molar-refractivity contribution < 1.29 is 4.79 Å². The molecule has 3 rings (SSSR count). The molecule has 1 aromatic carbocycles. The summed E-state index contributed by atoms with van der Waals surface area (Å²) in [7, 11) is 0. The lowest BCUT2D eigenvalue weighted by Crippen LogP contribution is -2.34. The molecule has 2 aromatic rings.